The number of halogens is 1. The van der Waals surface area contributed by atoms with Crippen LogP contribution in [0.15, 0.2) is 100 Å². The predicted octanol–water partition coefficient (Wildman–Crippen LogP) is 6.06. The van der Waals surface area contributed by atoms with Crippen LogP contribution in [-0.2, 0) is 9.59 Å². The van der Waals surface area contributed by atoms with Gasteiger partial charge in [0.25, 0.3) is 11.5 Å². The van der Waals surface area contributed by atoms with Crippen molar-refractivity contribution in [2.75, 3.05) is 10.7 Å². The second-order valence-electron chi connectivity index (χ2n) is 9.24. The van der Waals surface area contributed by atoms with Gasteiger partial charge < -0.3 is 10.3 Å². The number of Topliss-reactive ketones (excluding diaryl/α,β-unsaturated/α-hetero) is 1. The number of pyridine rings is 1. The van der Waals surface area contributed by atoms with E-state index in [1.165, 1.54) is 0 Å². The highest BCUT2D eigenvalue weighted by atomic mass is 35.5. The van der Waals surface area contributed by atoms with Crippen molar-refractivity contribution in [1.29, 1.82) is 0 Å². The zero-order valence-corrected chi connectivity index (χ0v) is 21.5. The second kappa shape index (κ2) is 9.70. The first-order chi connectivity index (χ1) is 18.9. The largest absolute Gasteiger partial charge is 0.322 e. The van der Waals surface area contributed by atoms with Crippen LogP contribution in [0.2, 0.25) is 5.02 Å². The summed E-state index contributed by atoms with van der Waals surface area (Å²) in [5.41, 5.74) is 6.55. The summed E-state index contributed by atoms with van der Waals surface area (Å²) >= 11 is 6.32. The molecule has 1 aliphatic carbocycles. The maximum Gasteiger partial charge on any atom is 0.259 e. The molecule has 6 rings (SSSR count). The lowest BCUT2D eigenvalue weighted by Crippen LogP contribution is -2.30. The highest BCUT2D eigenvalue weighted by molar-refractivity contribution is 6.59. The molecular weight excluding hydrogens is 512 g/mol. The summed E-state index contributed by atoms with van der Waals surface area (Å²) in [6.07, 6.45) is 1.55. The van der Waals surface area contributed by atoms with Gasteiger partial charge in [0.05, 0.1) is 16.3 Å². The van der Waals surface area contributed by atoms with Gasteiger partial charge in [-0.1, -0.05) is 66.2 Å². The van der Waals surface area contributed by atoms with Gasteiger partial charge in [-0.2, -0.15) is 5.10 Å². The van der Waals surface area contributed by atoms with E-state index in [2.05, 4.69) is 20.8 Å². The van der Waals surface area contributed by atoms with E-state index in [4.69, 9.17) is 11.6 Å². The molecule has 0 aliphatic heterocycles. The number of fused-ring (bicyclic) bond motifs is 4. The Morgan fingerprint density at radius 1 is 0.872 bits per heavy atom. The molecule has 0 radical (unpaired) electrons. The van der Waals surface area contributed by atoms with Crippen molar-refractivity contribution in [2.24, 2.45) is 5.10 Å². The van der Waals surface area contributed by atoms with Crippen molar-refractivity contribution in [2.45, 2.75) is 6.92 Å². The molecule has 7 nitrogen and oxygen atoms in total. The standard InChI is InChI=1S/C31H21ClN4O3/c1-17-10-13-27(25(32)14-17)35-36-28-20-7-3-2-6-18(20)15-24(29(28)37)31(39)33-19-11-12-21-22-8-4-5-9-26(22)34-30(38)23(21)16-19/h2-16,35H,1H3,(H,33,39)(H,34,38). The summed E-state index contributed by atoms with van der Waals surface area (Å²) in [6, 6.07) is 25.3. The molecule has 0 saturated carbocycles. The molecule has 3 N–H and O–H groups in total. The highest BCUT2D eigenvalue weighted by Crippen LogP contribution is 2.27. The Labute approximate surface area is 227 Å². The van der Waals surface area contributed by atoms with Crippen LogP contribution < -0.4 is 16.3 Å². The Morgan fingerprint density at radius 2 is 1.67 bits per heavy atom. The number of H-pyrrole nitrogens is 1. The number of rotatable bonds is 4. The van der Waals surface area contributed by atoms with Gasteiger partial charge in [0.2, 0.25) is 5.78 Å². The molecule has 5 aromatic rings. The summed E-state index contributed by atoms with van der Waals surface area (Å²) in [5, 5.41) is 9.69. The van der Waals surface area contributed by atoms with E-state index in [-0.39, 0.29) is 16.8 Å². The quantitative estimate of drug-likeness (QED) is 0.149. The Bertz CT molecular complexity index is 1960. The number of ketones is 1. The highest BCUT2D eigenvalue weighted by Gasteiger charge is 2.30. The van der Waals surface area contributed by atoms with Crippen molar-refractivity contribution >= 4 is 68.1 Å². The summed E-state index contributed by atoms with van der Waals surface area (Å²) in [4.78, 5) is 42.5. The summed E-state index contributed by atoms with van der Waals surface area (Å²) in [6.45, 7) is 1.92. The Kier molecular flexibility index (Phi) is 6.05. The molecule has 1 aromatic heterocycles. The van der Waals surface area contributed by atoms with E-state index < -0.39 is 11.7 Å². The molecule has 0 atom stereocenters. The molecule has 0 saturated heterocycles. The lowest BCUT2D eigenvalue weighted by atomic mass is 9.89. The summed E-state index contributed by atoms with van der Waals surface area (Å²) in [7, 11) is 0. The average molecular weight is 533 g/mol. The number of para-hydroxylation sites is 1. The third-order valence-electron chi connectivity index (χ3n) is 6.62. The number of nitrogens with one attached hydrogen (secondary N) is 3. The fraction of sp³-hybridized carbons (Fsp3) is 0.0323. The number of amides is 1. The number of benzene rings is 4. The number of aryl methyl sites for hydroxylation is 1. The minimum Gasteiger partial charge on any atom is -0.322 e. The van der Waals surface area contributed by atoms with Crippen LogP contribution in [0.1, 0.15) is 16.7 Å². The van der Waals surface area contributed by atoms with Crippen molar-refractivity contribution in [3.63, 3.8) is 0 Å². The second-order valence-corrected chi connectivity index (χ2v) is 9.65. The maximum atomic E-state index is 13.5. The predicted molar refractivity (Wildman–Crippen MR) is 156 cm³/mol. The first-order valence-electron chi connectivity index (χ1n) is 12.2. The Balaban J connectivity index is 1.34. The zero-order chi connectivity index (χ0) is 27.1. The van der Waals surface area contributed by atoms with Crippen LogP contribution in [0.25, 0.3) is 27.8 Å². The Morgan fingerprint density at radius 3 is 2.51 bits per heavy atom. The molecule has 190 valence electrons. The number of anilines is 2. The molecule has 0 bridgehead atoms. The van der Waals surface area contributed by atoms with Gasteiger partial charge in [0, 0.05) is 27.5 Å². The number of carbonyl (C=O) groups is 2. The molecule has 0 fully saturated rings. The number of nitrogens with zero attached hydrogens (tertiary/aromatic N) is 1. The van der Waals surface area contributed by atoms with E-state index in [0.717, 1.165) is 21.9 Å². The fourth-order valence-corrected chi connectivity index (χ4v) is 4.95. The zero-order valence-electron chi connectivity index (χ0n) is 20.7. The van der Waals surface area contributed by atoms with Gasteiger partial charge >= 0.3 is 0 Å². The fourth-order valence-electron chi connectivity index (χ4n) is 4.68. The van der Waals surface area contributed by atoms with Crippen LogP contribution in [-0.4, -0.2) is 22.4 Å². The molecule has 0 unspecified atom stereocenters. The van der Waals surface area contributed by atoms with Crippen molar-refractivity contribution in [1.82, 2.24) is 4.98 Å². The number of carbonyl (C=O) groups excluding carboxylic acids is 2. The number of hydrogen-bond acceptors (Lipinski definition) is 5. The van der Waals surface area contributed by atoms with Crippen molar-refractivity contribution in [3.8, 4) is 0 Å². The molecular formula is C31H21ClN4O3. The lowest BCUT2D eigenvalue weighted by molar-refractivity contribution is -0.116. The van der Waals surface area contributed by atoms with E-state index >= 15 is 0 Å². The van der Waals surface area contributed by atoms with E-state index in [1.807, 2.05) is 49.4 Å². The Hall–Kier alpha value is -5.01. The third-order valence-corrected chi connectivity index (χ3v) is 6.93. The number of aromatic nitrogens is 1. The molecule has 1 amide bonds. The van der Waals surface area contributed by atoms with Gasteiger partial charge in [-0.05, 0) is 59.8 Å². The van der Waals surface area contributed by atoms with Crippen LogP contribution in [0.4, 0.5) is 11.4 Å². The van der Waals surface area contributed by atoms with Crippen LogP contribution in [0.3, 0.4) is 0 Å². The molecule has 8 heteroatoms. The van der Waals surface area contributed by atoms with E-state index in [1.54, 1.807) is 48.5 Å². The average Bonchev–Trinajstić information content (AvgIpc) is 2.93. The SMILES string of the molecule is Cc1ccc(NN=C2C(=O)C(C(=O)Nc3ccc4c(c3)c(=O)[nH]c3ccccc34)=Cc3ccccc32)c(Cl)c1. The van der Waals surface area contributed by atoms with Gasteiger partial charge in [0.15, 0.2) is 0 Å². The molecule has 39 heavy (non-hydrogen) atoms. The number of aromatic amines is 1. The van der Waals surface area contributed by atoms with Gasteiger partial charge in [-0.3, -0.25) is 19.8 Å². The van der Waals surface area contributed by atoms with Gasteiger partial charge in [-0.25, -0.2) is 0 Å². The molecule has 1 heterocycles. The van der Waals surface area contributed by atoms with Crippen molar-refractivity contribution < 1.29 is 9.59 Å². The van der Waals surface area contributed by atoms with Gasteiger partial charge in [-0.15, -0.1) is 0 Å². The van der Waals surface area contributed by atoms with Crippen LogP contribution in [0, 0.1) is 6.92 Å². The van der Waals surface area contributed by atoms with Crippen molar-refractivity contribution in [3.05, 3.63) is 123 Å². The summed E-state index contributed by atoms with van der Waals surface area (Å²) in [5.74, 6) is -1.14. The lowest BCUT2D eigenvalue weighted by Gasteiger charge is -2.18. The molecule has 4 aromatic carbocycles. The van der Waals surface area contributed by atoms with Gasteiger partial charge in [0.1, 0.15) is 5.71 Å². The first kappa shape index (κ1) is 24.3. The topological polar surface area (TPSA) is 103 Å². The molecule has 0 spiro atoms. The van der Waals surface area contributed by atoms with E-state index in [9.17, 15) is 14.4 Å². The smallest absolute Gasteiger partial charge is 0.259 e. The number of hydrogen-bond donors (Lipinski definition) is 3. The summed E-state index contributed by atoms with van der Waals surface area (Å²) < 4.78 is 0. The third kappa shape index (κ3) is 4.49. The molecule has 1 aliphatic rings. The first-order valence-corrected chi connectivity index (χ1v) is 12.6. The minimum absolute atomic E-state index is 0.0724. The minimum atomic E-state index is -0.605. The maximum absolute atomic E-state index is 13.5. The van der Waals surface area contributed by atoms with Crippen LogP contribution in [0.5, 0.6) is 0 Å². The normalized spacial score (nSPS) is 13.8. The number of hydrazone groups is 1. The monoisotopic (exact) mass is 532 g/mol. The van der Waals surface area contributed by atoms with Crippen LogP contribution >= 0.6 is 11.6 Å². The van der Waals surface area contributed by atoms with E-state index in [0.29, 0.717) is 32.9 Å².